The topological polar surface area (TPSA) is 110 Å². The molecule has 0 aliphatic heterocycles. The predicted molar refractivity (Wildman–Crippen MR) is 150 cm³/mol. The number of hydrogen-bond donors (Lipinski definition) is 3. The van der Waals surface area contributed by atoms with E-state index < -0.39 is 12.2 Å². The lowest BCUT2D eigenvalue weighted by atomic mass is 9.78. The van der Waals surface area contributed by atoms with Crippen LogP contribution in [0, 0.1) is 7.27 Å². The van der Waals surface area contributed by atoms with Crippen LogP contribution in [0.4, 0.5) is 0 Å². The molecule has 0 radical (unpaired) electrons. The van der Waals surface area contributed by atoms with Crippen LogP contribution >= 0.6 is 56.8 Å². The van der Waals surface area contributed by atoms with Gasteiger partial charge >= 0.3 is 0 Å². The molecule has 0 aliphatic rings. The van der Waals surface area contributed by atoms with Gasteiger partial charge in [-0.2, -0.15) is 0 Å². The fourth-order valence-electron chi connectivity index (χ4n) is 3.42. The Morgan fingerprint density at radius 3 is 2.34 bits per heavy atom. The summed E-state index contributed by atoms with van der Waals surface area (Å²) in [6, 6.07) is 13.8. The van der Waals surface area contributed by atoms with Crippen molar-refractivity contribution in [2.24, 2.45) is 0 Å². The summed E-state index contributed by atoms with van der Waals surface area (Å²) in [5.74, 6) is 1.49. The van der Waals surface area contributed by atoms with E-state index in [2.05, 4.69) is 52.8 Å². The Morgan fingerprint density at radius 1 is 1.06 bits per heavy atom. The van der Waals surface area contributed by atoms with E-state index in [1.165, 1.54) is 4.68 Å². The number of halogens is 3. The van der Waals surface area contributed by atoms with Gasteiger partial charge in [0.1, 0.15) is 40.6 Å². The fraction of sp³-hybridized carbons (Fsp3) is 0.417. The molecule has 0 saturated heterocycles. The monoisotopic (exact) mass is 723 g/mol. The standard InChI is InChI=1S/C24H28ClI2N3O5/c1-24(2,16-5-8-22(20(26)9-16)35-13-17(32)10-25)15-3-6-19(7-4-15)34-14-18(33)11-30-21(12-31)23(27)28-29-30/h3-9,17-18,31-33H,10-14H2,1-2H3/i26-4. The number of aromatic nitrogens is 3. The molecular weight excluding hydrogens is 696 g/mol. The predicted octanol–water partition coefficient (Wildman–Crippen LogP) is 3.72. The number of rotatable bonds is 12. The average Bonchev–Trinajstić information content (AvgIpc) is 3.20. The van der Waals surface area contributed by atoms with Crippen LogP contribution in [0.15, 0.2) is 42.5 Å². The summed E-state index contributed by atoms with van der Waals surface area (Å²) in [6.07, 6.45) is -1.50. The number of aliphatic hydroxyl groups excluding tert-OH is 3. The highest BCUT2D eigenvalue weighted by molar-refractivity contribution is 14.1. The highest BCUT2D eigenvalue weighted by Gasteiger charge is 2.24. The van der Waals surface area contributed by atoms with Gasteiger partial charge in [-0.25, -0.2) is 4.68 Å². The van der Waals surface area contributed by atoms with Crippen LogP contribution in [-0.2, 0) is 18.6 Å². The maximum atomic E-state index is 10.3. The zero-order chi connectivity index (χ0) is 25.6. The van der Waals surface area contributed by atoms with Crippen molar-refractivity contribution in [2.75, 3.05) is 19.1 Å². The number of hydrogen-bond acceptors (Lipinski definition) is 7. The molecule has 3 rings (SSSR count). The Balaban J connectivity index is 1.61. The Morgan fingerprint density at radius 2 is 1.71 bits per heavy atom. The van der Waals surface area contributed by atoms with Crippen molar-refractivity contribution in [2.45, 2.75) is 44.6 Å². The molecule has 8 nitrogen and oxygen atoms in total. The lowest BCUT2D eigenvalue weighted by molar-refractivity contribution is 0.0866. The van der Waals surface area contributed by atoms with Gasteiger partial charge in [0, 0.05) is 5.41 Å². The summed E-state index contributed by atoms with van der Waals surface area (Å²) in [5, 5.41) is 37.2. The van der Waals surface area contributed by atoms with Crippen LogP contribution in [0.25, 0.3) is 0 Å². The molecule has 3 aromatic rings. The molecule has 35 heavy (non-hydrogen) atoms. The second-order valence-corrected chi connectivity index (χ2v) is 11.0. The second kappa shape index (κ2) is 12.9. The first-order valence-corrected chi connectivity index (χ1v) is 13.6. The Kier molecular flexibility index (Phi) is 10.4. The van der Waals surface area contributed by atoms with Gasteiger partial charge < -0.3 is 24.8 Å². The molecular formula is C24H28ClI2N3O5. The van der Waals surface area contributed by atoms with Gasteiger partial charge in [0.15, 0.2) is 0 Å². The van der Waals surface area contributed by atoms with Crippen molar-refractivity contribution in [3.63, 3.8) is 0 Å². The maximum Gasteiger partial charge on any atom is 0.149 e. The highest BCUT2D eigenvalue weighted by atomic mass is 127. The van der Waals surface area contributed by atoms with Crippen LogP contribution in [0.5, 0.6) is 11.5 Å². The third kappa shape index (κ3) is 7.41. The highest BCUT2D eigenvalue weighted by Crippen LogP contribution is 2.35. The van der Waals surface area contributed by atoms with Gasteiger partial charge in [0.25, 0.3) is 0 Å². The first-order chi connectivity index (χ1) is 16.6. The van der Waals surface area contributed by atoms with Crippen LogP contribution < -0.4 is 9.47 Å². The molecule has 0 aliphatic carbocycles. The normalized spacial score (nSPS) is 13.5. The zero-order valence-corrected chi connectivity index (χ0v) is 24.4. The second-order valence-electron chi connectivity index (χ2n) is 8.55. The van der Waals surface area contributed by atoms with E-state index in [1.807, 2.05) is 59.0 Å². The van der Waals surface area contributed by atoms with Gasteiger partial charge in [-0.15, -0.1) is 16.7 Å². The Hall–Kier alpha value is -1.19. The molecule has 1 heterocycles. The number of nitrogens with zero attached hydrogens (tertiary/aromatic N) is 3. The third-order valence-electron chi connectivity index (χ3n) is 5.60. The van der Waals surface area contributed by atoms with E-state index in [0.29, 0.717) is 20.9 Å². The lowest BCUT2D eigenvalue weighted by Gasteiger charge is -2.27. The molecule has 0 bridgehead atoms. The lowest BCUT2D eigenvalue weighted by Crippen LogP contribution is -2.25. The summed E-state index contributed by atoms with van der Waals surface area (Å²) >= 11 is 9.86. The van der Waals surface area contributed by atoms with Gasteiger partial charge in [-0.05, 0) is 80.6 Å². The Bertz CT molecular complexity index is 1110. The summed E-state index contributed by atoms with van der Waals surface area (Å²) in [4.78, 5) is 0. The SMILES string of the molecule is CC(C)(c1ccc(OCC(O)Cn2nnc(I)c2CO)cc1)c1ccc(OCC(O)CCl)c([123I])c1. The molecule has 0 amide bonds. The maximum absolute atomic E-state index is 10.3. The van der Waals surface area contributed by atoms with Gasteiger partial charge in [-0.3, -0.25) is 0 Å². The minimum absolute atomic E-state index is 0.0854. The van der Waals surface area contributed by atoms with E-state index in [9.17, 15) is 15.3 Å². The van der Waals surface area contributed by atoms with Gasteiger partial charge in [-0.1, -0.05) is 37.3 Å². The molecule has 190 valence electrons. The zero-order valence-electron chi connectivity index (χ0n) is 19.4. The van der Waals surface area contributed by atoms with Crippen molar-refractivity contribution in [3.05, 3.63) is 66.6 Å². The number of ether oxygens (including phenoxy) is 2. The minimum Gasteiger partial charge on any atom is -0.491 e. The largest absolute Gasteiger partial charge is 0.491 e. The van der Waals surface area contributed by atoms with Crippen molar-refractivity contribution in [1.82, 2.24) is 15.0 Å². The first kappa shape index (κ1) is 28.4. The molecule has 0 spiro atoms. The van der Waals surface area contributed by atoms with E-state index in [1.54, 1.807) is 0 Å². The average molecular weight is 724 g/mol. The summed E-state index contributed by atoms with van der Waals surface area (Å²) in [5.41, 5.74) is 2.53. The summed E-state index contributed by atoms with van der Waals surface area (Å²) in [6.45, 7) is 4.52. The molecule has 0 fully saturated rings. The van der Waals surface area contributed by atoms with Crippen LogP contribution in [-0.4, -0.2) is 61.6 Å². The van der Waals surface area contributed by atoms with Crippen molar-refractivity contribution in [1.29, 1.82) is 0 Å². The van der Waals surface area contributed by atoms with Crippen LogP contribution in [0.3, 0.4) is 0 Å². The van der Waals surface area contributed by atoms with Crippen molar-refractivity contribution >= 4 is 56.8 Å². The third-order valence-corrected chi connectivity index (χ3v) is 7.64. The van der Waals surface area contributed by atoms with Gasteiger partial charge in [0.05, 0.1) is 28.3 Å². The van der Waals surface area contributed by atoms with E-state index in [-0.39, 0.29) is 37.7 Å². The van der Waals surface area contributed by atoms with Crippen molar-refractivity contribution in [3.8, 4) is 11.5 Å². The minimum atomic E-state index is -0.803. The molecule has 11 heteroatoms. The fourth-order valence-corrected chi connectivity index (χ4v) is 4.73. The van der Waals surface area contributed by atoms with Crippen LogP contribution in [0.2, 0.25) is 0 Å². The van der Waals surface area contributed by atoms with E-state index in [4.69, 9.17) is 21.1 Å². The van der Waals surface area contributed by atoms with E-state index >= 15 is 0 Å². The van der Waals surface area contributed by atoms with Crippen LogP contribution in [0.1, 0.15) is 30.7 Å². The van der Waals surface area contributed by atoms with E-state index in [0.717, 1.165) is 14.7 Å². The molecule has 2 aromatic carbocycles. The van der Waals surface area contributed by atoms with Crippen molar-refractivity contribution < 1.29 is 24.8 Å². The molecule has 0 saturated carbocycles. The first-order valence-electron chi connectivity index (χ1n) is 10.9. The summed E-state index contributed by atoms with van der Waals surface area (Å²) < 4.78 is 14.5. The molecule has 3 N–H and O–H groups in total. The van der Waals surface area contributed by atoms with Gasteiger partial charge in [0.2, 0.25) is 0 Å². The molecule has 1 aromatic heterocycles. The quantitative estimate of drug-likeness (QED) is 0.193. The number of alkyl halides is 1. The number of aliphatic hydroxyl groups is 3. The summed E-state index contributed by atoms with van der Waals surface area (Å²) in [7, 11) is 0. The Labute approximate surface area is 236 Å². The smallest absolute Gasteiger partial charge is 0.149 e. The molecule has 2 unspecified atom stereocenters. The number of benzene rings is 2. The molecule has 2 atom stereocenters.